The quantitative estimate of drug-likeness (QED) is 0.657. The minimum absolute atomic E-state index is 0.0732. The van der Waals surface area contributed by atoms with Gasteiger partial charge in [-0.25, -0.2) is 0 Å². The molecule has 1 atom stereocenters. The number of ketones is 1. The van der Waals surface area contributed by atoms with E-state index < -0.39 is 0 Å². The fourth-order valence-corrected chi connectivity index (χ4v) is 2.60. The van der Waals surface area contributed by atoms with Crippen molar-refractivity contribution in [2.75, 3.05) is 6.54 Å². The summed E-state index contributed by atoms with van der Waals surface area (Å²) < 4.78 is 5.73. The largest absolute Gasteiger partial charge is 0.490 e. The van der Waals surface area contributed by atoms with Crippen molar-refractivity contribution in [1.29, 1.82) is 0 Å². The molecule has 1 aromatic rings. The van der Waals surface area contributed by atoms with Gasteiger partial charge in [-0.2, -0.15) is 0 Å². The van der Waals surface area contributed by atoms with Crippen molar-refractivity contribution in [1.82, 2.24) is 0 Å². The second-order valence-corrected chi connectivity index (χ2v) is 5.86. The topological polar surface area (TPSA) is 52.3 Å². The van der Waals surface area contributed by atoms with Crippen LogP contribution in [0.1, 0.15) is 63.2 Å². The molecular formula is C18H29NO2. The van der Waals surface area contributed by atoms with Crippen LogP contribution in [0.3, 0.4) is 0 Å². The normalized spacial score (nSPS) is 12.4. The highest BCUT2D eigenvalue weighted by Crippen LogP contribution is 2.24. The number of carbonyl (C=O) groups excluding carboxylic acids is 1. The van der Waals surface area contributed by atoms with Gasteiger partial charge in [0.05, 0.1) is 11.7 Å². The van der Waals surface area contributed by atoms with E-state index in [2.05, 4.69) is 6.92 Å². The van der Waals surface area contributed by atoms with Crippen molar-refractivity contribution >= 4 is 5.78 Å². The van der Waals surface area contributed by atoms with Gasteiger partial charge in [0.1, 0.15) is 5.75 Å². The van der Waals surface area contributed by atoms with Crippen molar-refractivity contribution in [2.45, 2.75) is 59.0 Å². The third-order valence-corrected chi connectivity index (χ3v) is 3.60. The molecule has 0 heterocycles. The Morgan fingerprint density at radius 2 is 1.90 bits per heavy atom. The highest BCUT2D eigenvalue weighted by Gasteiger charge is 2.15. The van der Waals surface area contributed by atoms with Crippen LogP contribution < -0.4 is 10.5 Å². The number of para-hydroxylation sites is 1. The summed E-state index contributed by atoms with van der Waals surface area (Å²) in [6, 6.07) is 7.53. The Bertz CT molecular complexity index is 423. The van der Waals surface area contributed by atoms with Crippen LogP contribution in [0.4, 0.5) is 0 Å². The summed E-state index contributed by atoms with van der Waals surface area (Å²) in [6.07, 6.45) is 4.86. The summed E-state index contributed by atoms with van der Waals surface area (Å²) in [4.78, 5) is 12.4. The van der Waals surface area contributed by atoms with Gasteiger partial charge in [0.25, 0.3) is 0 Å². The van der Waals surface area contributed by atoms with Gasteiger partial charge in [-0.1, -0.05) is 31.9 Å². The highest BCUT2D eigenvalue weighted by molar-refractivity contribution is 5.98. The SMILES string of the molecule is CCCC(CCN)CCC(=O)c1ccccc1OC(C)C. The molecule has 0 saturated carbocycles. The van der Waals surface area contributed by atoms with Crippen LogP contribution in [0.15, 0.2) is 24.3 Å². The third-order valence-electron chi connectivity index (χ3n) is 3.60. The van der Waals surface area contributed by atoms with E-state index in [1.807, 2.05) is 38.1 Å². The average Bonchev–Trinajstić information content (AvgIpc) is 2.45. The first-order valence-electron chi connectivity index (χ1n) is 8.07. The Balaban J connectivity index is 2.66. The van der Waals surface area contributed by atoms with Gasteiger partial charge in [-0.05, 0) is 51.3 Å². The van der Waals surface area contributed by atoms with E-state index in [1.54, 1.807) is 0 Å². The van der Waals surface area contributed by atoms with Gasteiger partial charge >= 0.3 is 0 Å². The standard InChI is InChI=1S/C18H29NO2/c1-4-7-15(12-13-19)10-11-17(20)16-8-5-6-9-18(16)21-14(2)3/h5-6,8-9,14-15H,4,7,10-13,19H2,1-3H3. The smallest absolute Gasteiger partial charge is 0.166 e. The van der Waals surface area contributed by atoms with Gasteiger partial charge in [-0.3, -0.25) is 4.79 Å². The van der Waals surface area contributed by atoms with Crippen molar-refractivity contribution in [2.24, 2.45) is 11.7 Å². The van der Waals surface area contributed by atoms with E-state index in [-0.39, 0.29) is 11.9 Å². The number of Topliss-reactive ketones (excluding diaryl/α,β-unsaturated/α-hetero) is 1. The number of benzene rings is 1. The van der Waals surface area contributed by atoms with E-state index in [0.29, 0.717) is 30.2 Å². The van der Waals surface area contributed by atoms with E-state index >= 15 is 0 Å². The maximum atomic E-state index is 12.4. The van der Waals surface area contributed by atoms with E-state index in [0.717, 1.165) is 25.7 Å². The average molecular weight is 291 g/mol. The van der Waals surface area contributed by atoms with Crippen LogP contribution in [0.25, 0.3) is 0 Å². The van der Waals surface area contributed by atoms with Crippen LogP contribution in [0.2, 0.25) is 0 Å². The fraction of sp³-hybridized carbons (Fsp3) is 0.611. The van der Waals surface area contributed by atoms with Gasteiger partial charge in [0.15, 0.2) is 5.78 Å². The molecule has 2 N–H and O–H groups in total. The molecule has 0 aliphatic heterocycles. The predicted molar refractivity (Wildman–Crippen MR) is 87.8 cm³/mol. The Kier molecular flexibility index (Phi) is 8.06. The maximum Gasteiger partial charge on any atom is 0.166 e. The lowest BCUT2D eigenvalue weighted by atomic mass is 9.92. The van der Waals surface area contributed by atoms with Gasteiger partial charge in [0.2, 0.25) is 0 Å². The first kappa shape index (κ1) is 17.7. The number of carbonyl (C=O) groups is 1. The minimum atomic E-state index is 0.0732. The van der Waals surface area contributed by atoms with E-state index in [9.17, 15) is 4.79 Å². The molecule has 0 aromatic heterocycles. The molecule has 3 heteroatoms. The predicted octanol–water partition coefficient (Wildman–Crippen LogP) is 4.20. The second-order valence-electron chi connectivity index (χ2n) is 5.86. The number of hydrogen-bond acceptors (Lipinski definition) is 3. The monoisotopic (exact) mass is 291 g/mol. The molecule has 1 unspecified atom stereocenters. The van der Waals surface area contributed by atoms with E-state index in [1.165, 1.54) is 0 Å². The lowest BCUT2D eigenvalue weighted by molar-refractivity contribution is 0.0966. The molecule has 0 aliphatic carbocycles. The molecular weight excluding hydrogens is 262 g/mol. The van der Waals surface area contributed by atoms with Crippen LogP contribution in [0, 0.1) is 5.92 Å². The molecule has 0 spiro atoms. The zero-order valence-corrected chi connectivity index (χ0v) is 13.6. The molecule has 3 nitrogen and oxygen atoms in total. The van der Waals surface area contributed by atoms with Crippen molar-refractivity contribution < 1.29 is 9.53 Å². The number of rotatable bonds is 10. The molecule has 118 valence electrons. The zero-order chi connectivity index (χ0) is 15.7. The Morgan fingerprint density at radius 3 is 2.52 bits per heavy atom. The molecule has 0 aliphatic rings. The number of hydrogen-bond donors (Lipinski definition) is 1. The molecule has 0 amide bonds. The fourth-order valence-electron chi connectivity index (χ4n) is 2.60. The summed E-state index contributed by atoms with van der Waals surface area (Å²) in [6.45, 7) is 6.82. The molecule has 1 rings (SSSR count). The maximum absolute atomic E-state index is 12.4. The molecule has 0 fully saturated rings. The molecule has 21 heavy (non-hydrogen) atoms. The van der Waals surface area contributed by atoms with Crippen LogP contribution in [0.5, 0.6) is 5.75 Å². The second kappa shape index (κ2) is 9.56. The Morgan fingerprint density at radius 1 is 1.19 bits per heavy atom. The van der Waals surface area contributed by atoms with Gasteiger partial charge < -0.3 is 10.5 Å². The number of nitrogens with two attached hydrogens (primary N) is 1. The van der Waals surface area contributed by atoms with Crippen molar-refractivity contribution in [3.63, 3.8) is 0 Å². The van der Waals surface area contributed by atoms with E-state index in [4.69, 9.17) is 10.5 Å². The molecule has 0 radical (unpaired) electrons. The summed E-state index contributed by atoms with van der Waals surface area (Å²) in [5.74, 6) is 1.43. The summed E-state index contributed by atoms with van der Waals surface area (Å²) >= 11 is 0. The number of ether oxygens (including phenoxy) is 1. The molecule has 0 saturated heterocycles. The van der Waals surface area contributed by atoms with Crippen LogP contribution >= 0.6 is 0 Å². The lowest BCUT2D eigenvalue weighted by Gasteiger charge is -2.16. The molecule has 1 aromatic carbocycles. The third kappa shape index (κ3) is 6.30. The highest BCUT2D eigenvalue weighted by atomic mass is 16.5. The summed E-state index contributed by atoms with van der Waals surface area (Å²) in [7, 11) is 0. The van der Waals surface area contributed by atoms with Gasteiger partial charge in [-0.15, -0.1) is 0 Å². The first-order valence-corrected chi connectivity index (χ1v) is 8.07. The van der Waals surface area contributed by atoms with Crippen molar-refractivity contribution in [3.8, 4) is 5.75 Å². The van der Waals surface area contributed by atoms with Crippen LogP contribution in [-0.4, -0.2) is 18.4 Å². The summed E-state index contributed by atoms with van der Waals surface area (Å²) in [5, 5.41) is 0. The Labute approximate surface area is 128 Å². The van der Waals surface area contributed by atoms with Gasteiger partial charge in [0, 0.05) is 6.42 Å². The zero-order valence-electron chi connectivity index (χ0n) is 13.6. The minimum Gasteiger partial charge on any atom is -0.490 e. The summed E-state index contributed by atoms with van der Waals surface area (Å²) in [5.41, 5.74) is 6.35. The first-order chi connectivity index (χ1) is 10.1. The lowest BCUT2D eigenvalue weighted by Crippen LogP contribution is -2.13. The van der Waals surface area contributed by atoms with Crippen molar-refractivity contribution in [3.05, 3.63) is 29.8 Å². The molecule has 0 bridgehead atoms. The Hall–Kier alpha value is -1.35. The van der Waals surface area contributed by atoms with Crippen LogP contribution in [-0.2, 0) is 0 Å².